The Hall–Kier alpha value is -2.60. The van der Waals surface area contributed by atoms with Crippen molar-refractivity contribution in [2.45, 2.75) is 39.2 Å². The number of amides is 1. The van der Waals surface area contributed by atoms with Gasteiger partial charge in [-0.1, -0.05) is 47.0 Å². The van der Waals surface area contributed by atoms with Gasteiger partial charge in [-0.05, 0) is 32.3 Å². The summed E-state index contributed by atoms with van der Waals surface area (Å²) in [6.07, 6.45) is 2.55. The van der Waals surface area contributed by atoms with Gasteiger partial charge in [0.05, 0.1) is 16.8 Å². The number of hydrogen-bond donors (Lipinski definition) is 0. The van der Waals surface area contributed by atoms with Crippen LogP contribution in [0.1, 0.15) is 53.4 Å². The first-order valence-electron chi connectivity index (χ1n) is 9.07. The average Bonchev–Trinajstić information content (AvgIpc) is 3.40. The maximum atomic E-state index is 13.4. The molecule has 27 heavy (non-hydrogen) atoms. The third kappa shape index (κ3) is 3.14. The topological polar surface area (TPSA) is 72.4 Å². The van der Waals surface area contributed by atoms with Gasteiger partial charge in [0.2, 0.25) is 0 Å². The normalized spacial score (nSPS) is 16.9. The number of likely N-dealkylation sites (tertiary alicyclic amines) is 1. The van der Waals surface area contributed by atoms with Crippen LogP contribution in [0.25, 0.3) is 11.3 Å². The van der Waals surface area contributed by atoms with Crippen LogP contribution < -0.4 is 0 Å². The summed E-state index contributed by atoms with van der Waals surface area (Å²) in [5.41, 5.74) is 2.50. The number of nitrogens with zero attached hydrogens (tertiary/aromatic N) is 3. The van der Waals surface area contributed by atoms with Gasteiger partial charge in [-0.3, -0.25) is 4.79 Å². The molecule has 1 amide bonds. The molecule has 3 heterocycles. The second kappa shape index (κ2) is 7.19. The van der Waals surface area contributed by atoms with Gasteiger partial charge in [-0.15, -0.1) is 0 Å². The lowest BCUT2D eigenvalue weighted by Gasteiger charge is -2.22. The zero-order valence-electron chi connectivity index (χ0n) is 15.2. The highest BCUT2D eigenvalue weighted by molar-refractivity contribution is 6.33. The third-order valence-corrected chi connectivity index (χ3v) is 5.32. The zero-order valence-corrected chi connectivity index (χ0v) is 16.0. The Morgan fingerprint density at radius 2 is 2.11 bits per heavy atom. The highest BCUT2D eigenvalue weighted by Crippen LogP contribution is 2.37. The largest absolute Gasteiger partial charge is 0.360 e. The van der Waals surface area contributed by atoms with Crippen molar-refractivity contribution in [3.8, 4) is 11.3 Å². The number of aromatic nitrogens is 2. The molecule has 1 aliphatic heterocycles. The van der Waals surface area contributed by atoms with Gasteiger partial charge in [-0.25, -0.2) is 0 Å². The summed E-state index contributed by atoms with van der Waals surface area (Å²) in [4.78, 5) is 15.2. The van der Waals surface area contributed by atoms with Crippen LogP contribution in [-0.2, 0) is 6.42 Å². The van der Waals surface area contributed by atoms with Gasteiger partial charge in [0.25, 0.3) is 5.91 Å². The maximum absolute atomic E-state index is 13.4. The van der Waals surface area contributed by atoms with E-state index >= 15 is 0 Å². The van der Waals surface area contributed by atoms with Gasteiger partial charge in [0.15, 0.2) is 5.76 Å². The van der Waals surface area contributed by atoms with E-state index in [0.717, 1.165) is 30.7 Å². The molecular formula is C20H20ClN3O3. The van der Waals surface area contributed by atoms with Crippen molar-refractivity contribution in [2.75, 3.05) is 6.54 Å². The first kappa shape index (κ1) is 17.8. The van der Waals surface area contributed by atoms with Crippen molar-refractivity contribution in [1.29, 1.82) is 0 Å². The van der Waals surface area contributed by atoms with Crippen LogP contribution in [0, 0.1) is 6.92 Å². The van der Waals surface area contributed by atoms with Gasteiger partial charge in [0, 0.05) is 18.2 Å². The van der Waals surface area contributed by atoms with E-state index in [1.54, 1.807) is 13.0 Å². The minimum atomic E-state index is -0.126. The van der Waals surface area contributed by atoms with Crippen molar-refractivity contribution in [3.63, 3.8) is 0 Å². The fraction of sp³-hybridized carbons (Fsp3) is 0.350. The molecule has 0 N–H and O–H groups in total. The number of carbonyl (C=O) groups excluding carboxylic acids is 1. The number of carbonyl (C=O) groups is 1. The molecule has 1 fully saturated rings. The van der Waals surface area contributed by atoms with E-state index < -0.39 is 0 Å². The molecule has 0 spiro atoms. The molecule has 6 nitrogen and oxygen atoms in total. The molecule has 3 aromatic rings. The highest BCUT2D eigenvalue weighted by atomic mass is 35.5. The fourth-order valence-electron chi connectivity index (χ4n) is 3.56. The molecule has 1 atom stereocenters. The fourth-order valence-corrected chi connectivity index (χ4v) is 3.79. The predicted octanol–water partition coefficient (Wildman–Crippen LogP) is 4.83. The monoisotopic (exact) mass is 385 g/mol. The molecule has 1 unspecified atom stereocenters. The molecule has 2 aromatic heterocycles. The number of rotatable bonds is 4. The molecule has 1 aromatic carbocycles. The van der Waals surface area contributed by atoms with Gasteiger partial charge in [0.1, 0.15) is 17.0 Å². The predicted molar refractivity (Wildman–Crippen MR) is 101 cm³/mol. The Kier molecular flexibility index (Phi) is 4.74. The lowest BCUT2D eigenvalue weighted by molar-refractivity contribution is 0.0713. The lowest BCUT2D eigenvalue weighted by atomic mass is 10.0. The summed E-state index contributed by atoms with van der Waals surface area (Å²) in [5, 5.41) is 8.71. The number of aryl methyl sites for hydroxylation is 2. The van der Waals surface area contributed by atoms with E-state index in [1.807, 2.05) is 36.1 Å². The number of halogens is 1. The molecule has 0 bridgehead atoms. The molecule has 1 saturated heterocycles. The minimum Gasteiger partial charge on any atom is -0.360 e. The first-order valence-corrected chi connectivity index (χ1v) is 9.45. The lowest BCUT2D eigenvalue weighted by Crippen LogP contribution is -2.31. The molecule has 7 heteroatoms. The minimum absolute atomic E-state index is 0.124. The van der Waals surface area contributed by atoms with Crippen molar-refractivity contribution in [3.05, 3.63) is 58.1 Å². The Morgan fingerprint density at radius 1 is 1.30 bits per heavy atom. The van der Waals surface area contributed by atoms with E-state index in [9.17, 15) is 4.79 Å². The smallest absolute Gasteiger partial charge is 0.260 e. The Labute approximate surface area is 162 Å². The van der Waals surface area contributed by atoms with Crippen molar-refractivity contribution in [1.82, 2.24) is 15.2 Å². The van der Waals surface area contributed by atoms with Crippen molar-refractivity contribution >= 4 is 17.5 Å². The summed E-state index contributed by atoms with van der Waals surface area (Å²) < 4.78 is 10.9. The van der Waals surface area contributed by atoms with E-state index in [0.29, 0.717) is 34.1 Å². The molecule has 140 valence electrons. The summed E-state index contributed by atoms with van der Waals surface area (Å²) in [6.45, 7) is 4.42. The highest BCUT2D eigenvalue weighted by Gasteiger charge is 2.36. The second-order valence-corrected chi connectivity index (χ2v) is 7.08. The van der Waals surface area contributed by atoms with Crippen LogP contribution in [0.2, 0.25) is 5.02 Å². The number of hydrogen-bond acceptors (Lipinski definition) is 5. The molecule has 0 radical (unpaired) electrons. The van der Waals surface area contributed by atoms with E-state index in [-0.39, 0.29) is 11.9 Å². The van der Waals surface area contributed by atoms with Crippen LogP contribution in [-0.4, -0.2) is 27.7 Å². The first-order chi connectivity index (χ1) is 13.1. The van der Waals surface area contributed by atoms with Crippen molar-refractivity contribution < 1.29 is 13.8 Å². The maximum Gasteiger partial charge on any atom is 0.260 e. The average molecular weight is 386 g/mol. The molecule has 0 aliphatic carbocycles. The Bertz CT molecular complexity index is 979. The van der Waals surface area contributed by atoms with E-state index in [4.69, 9.17) is 20.6 Å². The van der Waals surface area contributed by atoms with Gasteiger partial charge >= 0.3 is 0 Å². The summed E-state index contributed by atoms with van der Waals surface area (Å²) in [5.74, 6) is 1.08. The zero-order chi connectivity index (χ0) is 19.0. The molecule has 1 aliphatic rings. The van der Waals surface area contributed by atoms with Crippen LogP contribution in [0.15, 0.2) is 39.4 Å². The molecule has 4 rings (SSSR count). The summed E-state index contributed by atoms with van der Waals surface area (Å²) >= 11 is 6.32. The quantitative estimate of drug-likeness (QED) is 0.643. The van der Waals surface area contributed by atoms with Gasteiger partial charge < -0.3 is 13.9 Å². The third-order valence-electron chi connectivity index (χ3n) is 4.99. The van der Waals surface area contributed by atoms with Crippen LogP contribution >= 0.6 is 11.6 Å². The summed E-state index contributed by atoms with van der Waals surface area (Å²) in [7, 11) is 0. The van der Waals surface area contributed by atoms with Crippen molar-refractivity contribution in [2.24, 2.45) is 0 Å². The van der Waals surface area contributed by atoms with Crippen LogP contribution in [0.5, 0.6) is 0 Å². The van der Waals surface area contributed by atoms with E-state index in [1.165, 1.54) is 0 Å². The SMILES string of the molecule is CCc1cc(C2CCCN2C(=O)c2c(-c3ccccc3Cl)noc2C)on1. The number of benzene rings is 1. The Morgan fingerprint density at radius 3 is 2.85 bits per heavy atom. The standard InChI is InChI=1S/C20H20ClN3O3/c1-3-13-11-17(27-22-13)16-9-6-10-24(16)20(25)18-12(2)26-23-19(18)14-7-4-5-8-15(14)21/h4-5,7-8,11,16H,3,6,9-10H2,1-2H3. The molecule has 0 saturated carbocycles. The molecular weight excluding hydrogens is 366 g/mol. The van der Waals surface area contributed by atoms with Gasteiger partial charge in [-0.2, -0.15) is 0 Å². The summed E-state index contributed by atoms with van der Waals surface area (Å²) in [6, 6.07) is 9.12. The van der Waals surface area contributed by atoms with Crippen LogP contribution in [0.4, 0.5) is 0 Å². The van der Waals surface area contributed by atoms with Crippen LogP contribution in [0.3, 0.4) is 0 Å². The Balaban J connectivity index is 1.71. The second-order valence-electron chi connectivity index (χ2n) is 6.67. The van der Waals surface area contributed by atoms with E-state index in [2.05, 4.69) is 10.3 Å².